The SMILES string of the molecule is CC(O)CCc1nc2ccc(-n3c(N)c4c(cc3=O)C(=O)NC4=O)cc2[nH]1. The highest BCUT2D eigenvalue weighted by Crippen LogP contribution is 2.24. The van der Waals surface area contributed by atoms with Crippen LogP contribution >= 0.6 is 0 Å². The molecular weight excluding hydrogens is 350 g/mol. The van der Waals surface area contributed by atoms with Gasteiger partial charge < -0.3 is 15.8 Å². The molecule has 1 aliphatic rings. The van der Waals surface area contributed by atoms with Gasteiger partial charge in [0.15, 0.2) is 0 Å². The number of aromatic nitrogens is 3. The van der Waals surface area contributed by atoms with Crippen LogP contribution in [0.25, 0.3) is 16.7 Å². The van der Waals surface area contributed by atoms with Gasteiger partial charge in [0, 0.05) is 12.5 Å². The molecule has 0 saturated carbocycles. The van der Waals surface area contributed by atoms with Gasteiger partial charge in [0.1, 0.15) is 11.6 Å². The van der Waals surface area contributed by atoms with E-state index in [1.54, 1.807) is 25.1 Å². The summed E-state index contributed by atoms with van der Waals surface area (Å²) in [6, 6.07) is 6.21. The zero-order valence-corrected chi connectivity index (χ0v) is 14.4. The van der Waals surface area contributed by atoms with Crippen molar-refractivity contribution in [3.63, 3.8) is 0 Å². The number of aromatic amines is 1. The van der Waals surface area contributed by atoms with E-state index in [-0.39, 0.29) is 16.9 Å². The van der Waals surface area contributed by atoms with E-state index < -0.39 is 23.5 Å². The fourth-order valence-electron chi connectivity index (χ4n) is 3.20. The van der Waals surface area contributed by atoms with Crippen LogP contribution < -0.4 is 16.6 Å². The molecular formula is C18H17N5O4. The standard InChI is InChI=1S/C18H17N5O4/c1-8(24)2-5-13-20-11-4-3-9(6-12(11)21-13)23-14(25)7-10-15(16(23)19)18(27)22-17(10)26/h3-4,6-8,24H,2,5,19H2,1H3,(H,20,21)(H,22,26,27). The van der Waals surface area contributed by atoms with Gasteiger partial charge in [-0.2, -0.15) is 0 Å². The third kappa shape index (κ3) is 2.77. The Morgan fingerprint density at radius 1 is 1.22 bits per heavy atom. The lowest BCUT2D eigenvalue weighted by atomic mass is 10.1. The summed E-state index contributed by atoms with van der Waals surface area (Å²) in [5.41, 5.74) is 7.38. The molecule has 5 N–H and O–H groups in total. The molecule has 9 heteroatoms. The van der Waals surface area contributed by atoms with Gasteiger partial charge >= 0.3 is 0 Å². The molecule has 2 aromatic heterocycles. The second-order valence-corrected chi connectivity index (χ2v) is 6.55. The van der Waals surface area contributed by atoms with Crippen molar-refractivity contribution in [3.8, 4) is 5.69 Å². The van der Waals surface area contributed by atoms with Gasteiger partial charge in [-0.25, -0.2) is 4.98 Å². The maximum atomic E-state index is 12.5. The largest absolute Gasteiger partial charge is 0.393 e. The number of benzene rings is 1. The van der Waals surface area contributed by atoms with Crippen LogP contribution in [0, 0.1) is 0 Å². The monoisotopic (exact) mass is 367 g/mol. The third-order valence-electron chi connectivity index (χ3n) is 4.52. The lowest BCUT2D eigenvalue weighted by Crippen LogP contribution is -2.24. The molecule has 9 nitrogen and oxygen atoms in total. The molecule has 1 atom stereocenters. The number of aliphatic hydroxyl groups excluding tert-OH is 1. The number of nitrogens with zero attached hydrogens (tertiary/aromatic N) is 2. The van der Waals surface area contributed by atoms with Crippen LogP contribution in [0.15, 0.2) is 29.1 Å². The summed E-state index contributed by atoms with van der Waals surface area (Å²) in [6.07, 6.45) is 0.741. The summed E-state index contributed by atoms with van der Waals surface area (Å²) >= 11 is 0. The number of rotatable bonds is 4. The number of nitrogens with two attached hydrogens (primary N) is 1. The first kappa shape index (κ1) is 17.0. The van der Waals surface area contributed by atoms with E-state index >= 15 is 0 Å². The second-order valence-electron chi connectivity index (χ2n) is 6.55. The van der Waals surface area contributed by atoms with Crippen LogP contribution in [0.2, 0.25) is 0 Å². The maximum absolute atomic E-state index is 12.5. The first-order valence-electron chi connectivity index (χ1n) is 8.43. The van der Waals surface area contributed by atoms with E-state index in [4.69, 9.17) is 5.73 Å². The van der Waals surface area contributed by atoms with E-state index in [0.29, 0.717) is 29.6 Å². The normalized spacial score (nSPS) is 14.4. The van der Waals surface area contributed by atoms with E-state index in [1.165, 1.54) is 4.57 Å². The van der Waals surface area contributed by atoms with E-state index in [0.717, 1.165) is 11.9 Å². The molecule has 4 rings (SSSR count). The minimum atomic E-state index is -0.627. The summed E-state index contributed by atoms with van der Waals surface area (Å²) < 4.78 is 1.19. The third-order valence-corrected chi connectivity index (χ3v) is 4.52. The zero-order chi connectivity index (χ0) is 19.3. The summed E-state index contributed by atoms with van der Waals surface area (Å²) in [7, 11) is 0. The molecule has 138 valence electrons. The Morgan fingerprint density at radius 2 is 2.00 bits per heavy atom. The van der Waals surface area contributed by atoms with Gasteiger partial charge in [-0.05, 0) is 31.5 Å². The molecule has 0 spiro atoms. The number of nitrogens with one attached hydrogen (secondary N) is 2. The lowest BCUT2D eigenvalue weighted by Gasteiger charge is -2.11. The Morgan fingerprint density at radius 3 is 2.74 bits per heavy atom. The van der Waals surface area contributed by atoms with Crippen molar-refractivity contribution in [2.45, 2.75) is 25.9 Å². The van der Waals surface area contributed by atoms with Crippen molar-refractivity contribution >= 4 is 28.7 Å². The summed E-state index contributed by atoms with van der Waals surface area (Å²) in [5, 5.41) is 11.5. The van der Waals surface area contributed by atoms with Gasteiger partial charge in [-0.3, -0.25) is 24.3 Å². The number of imide groups is 1. The fraction of sp³-hybridized carbons (Fsp3) is 0.222. The molecule has 1 aromatic carbocycles. The minimum Gasteiger partial charge on any atom is -0.393 e. The summed E-state index contributed by atoms with van der Waals surface area (Å²) in [4.78, 5) is 43.8. The minimum absolute atomic E-state index is 0.00179. The molecule has 0 fully saturated rings. The lowest BCUT2D eigenvalue weighted by molar-refractivity contribution is 0.0880. The molecule has 0 aliphatic carbocycles. The van der Waals surface area contributed by atoms with Gasteiger partial charge in [0.25, 0.3) is 17.4 Å². The van der Waals surface area contributed by atoms with Crippen molar-refractivity contribution in [1.82, 2.24) is 19.9 Å². The Balaban J connectivity index is 1.81. The van der Waals surface area contributed by atoms with Crippen molar-refractivity contribution in [2.24, 2.45) is 0 Å². The van der Waals surface area contributed by atoms with Gasteiger partial charge in [-0.15, -0.1) is 0 Å². The average molecular weight is 367 g/mol. The molecule has 0 saturated heterocycles. The Kier molecular flexibility index (Phi) is 3.81. The van der Waals surface area contributed by atoms with Crippen molar-refractivity contribution < 1.29 is 14.7 Å². The number of pyridine rings is 1. The molecule has 0 bridgehead atoms. The van der Waals surface area contributed by atoms with Crippen LogP contribution in [-0.4, -0.2) is 37.6 Å². The highest BCUT2D eigenvalue weighted by atomic mass is 16.3. The maximum Gasteiger partial charge on any atom is 0.262 e. The predicted molar refractivity (Wildman–Crippen MR) is 97.9 cm³/mol. The van der Waals surface area contributed by atoms with Crippen LogP contribution in [0.5, 0.6) is 0 Å². The van der Waals surface area contributed by atoms with Gasteiger partial charge in [0.2, 0.25) is 0 Å². The topological polar surface area (TPSA) is 143 Å². The number of H-pyrrole nitrogens is 1. The van der Waals surface area contributed by atoms with Gasteiger partial charge in [0.05, 0.1) is 34.0 Å². The second kappa shape index (κ2) is 6.06. The number of aliphatic hydroxyl groups is 1. The Labute approximate surface area is 152 Å². The average Bonchev–Trinajstić information content (AvgIpc) is 3.13. The van der Waals surface area contributed by atoms with Gasteiger partial charge in [-0.1, -0.05) is 0 Å². The molecule has 2 amide bonds. The fourth-order valence-corrected chi connectivity index (χ4v) is 3.20. The van der Waals surface area contributed by atoms with Crippen LogP contribution in [0.1, 0.15) is 39.9 Å². The number of hydrogen-bond donors (Lipinski definition) is 4. The number of fused-ring (bicyclic) bond motifs is 2. The summed E-state index contributed by atoms with van der Waals surface area (Å²) in [5.74, 6) is -0.613. The number of hydrogen-bond acceptors (Lipinski definition) is 6. The Hall–Kier alpha value is -3.46. The van der Waals surface area contributed by atoms with Crippen LogP contribution in [0.4, 0.5) is 5.82 Å². The quantitative estimate of drug-likeness (QED) is 0.494. The zero-order valence-electron chi connectivity index (χ0n) is 14.4. The van der Waals surface area contributed by atoms with Crippen LogP contribution in [0.3, 0.4) is 0 Å². The number of carbonyl (C=O) groups excluding carboxylic acids is 2. The van der Waals surface area contributed by atoms with Crippen molar-refractivity contribution in [2.75, 3.05) is 5.73 Å². The van der Waals surface area contributed by atoms with Crippen molar-refractivity contribution in [3.05, 3.63) is 51.6 Å². The molecule has 3 heterocycles. The van der Waals surface area contributed by atoms with Crippen molar-refractivity contribution in [1.29, 1.82) is 0 Å². The number of nitrogen functional groups attached to an aromatic ring is 1. The molecule has 27 heavy (non-hydrogen) atoms. The number of imidazole rings is 1. The molecule has 0 radical (unpaired) electrons. The number of anilines is 1. The first-order chi connectivity index (χ1) is 12.8. The smallest absolute Gasteiger partial charge is 0.262 e. The number of carbonyl (C=O) groups is 2. The van der Waals surface area contributed by atoms with E-state index in [9.17, 15) is 19.5 Å². The van der Waals surface area contributed by atoms with E-state index in [1.807, 2.05) is 0 Å². The highest BCUT2D eigenvalue weighted by molar-refractivity contribution is 6.23. The van der Waals surface area contributed by atoms with Crippen LogP contribution in [-0.2, 0) is 6.42 Å². The Bertz CT molecular complexity index is 1160. The molecule has 1 aliphatic heterocycles. The number of aryl methyl sites for hydroxylation is 1. The number of amides is 2. The first-order valence-corrected chi connectivity index (χ1v) is 8.43. The summed E-state index contributed by atoms with van der Waals surface area (Å²) in [6.45, 7) is 1.71. The highest BCUT2D eigenvalue weighted by Gasteiger charge is 2.31. The predicted octanol–water partition coefficient (Wildman–Crippen LogP) is 0.493. The molecule has 1 unspecified atom stereocenters. The van der Waals surface area contributed by atoms with E-state index in [2.05, 4.69) is 15.3 Å². The molecule has 3 aromatic rings.